The molecular formula is C22H21N3O. The first kappa shape index (κ1) is 15.3. The van der Waals surface area contributed by atoms with Crippen molar-refractivity contribution in [1.82, 2.24) is 4.98 Å². The molecule has 0 unspecified atom stereocenters. The Hall–Kier alpha value is -3.01. The lowest BCUT2D eigenvalue weighted by atomic mass is 10.0. The van der Waals surface area contributed by atoms with Gasteiger partial charge in [0.25, 0.3) is 0 Å². The number of pyridine rings is 1. The Morgan fingerprint density at radius 1 is 1.00 bits per heavy atom. The third-order valence-corrected chi connectivity index (χ3v) is 5.52. The van der Waals surface area contributed by atoms with Crippen molar-refractivity contribution in [3.63, 3.8) is 0 Å². The van der Waals surface area contributed by atoms with Gasteiger partial charge in [-0.3, -0.25) is 0 Å². The molecule has 1 aliphatic heterocycles. The first-order chi connectivity index (χ1) is 12.6. The van der Waals surface area contributed by atoms with Crippen LogP contribution in [-0.4, -0.2) is 24.6 Å². The number of nitrogens with zero attached hydrogens (tertiary/aromatic N) is 3. The van der Waals surface area contributed by atoms with Crippen LogP contribution in [0.2, 0.25) is 0 Å². The predicted octanol–water partition coefficient (Wildman–Crippen LogP) is 5.27. The van der Waals surface area contributed by atoms with E-state index in [9.17, 15) is 0 Å². The molecule has 2 aromatic heterocycles. The van der Waals surface area contributed by atoms with Crippen molar-refractivity contribution in [3.8, 4) is 0 Å². The molecule has 0 N–H and O–H groups in total. The van der Waals surface area contributed by atoms with E-state index in [1.807, 2.05) is 6.07 Å². The van der Waals surface area contributed by atoms with Gasteiger partial charge in [0.1, 0.15) is 0 Å². The van der Waals surface area contributed by atoms with E-state index in [1.54, 1.807) is 6.20 Å². The van der Waals surface area contributed by atoms with Crippen LogP contribution in [0.4, 0.5) is 17.1 Å². The molecule has 4 nitrogen and oxygen atoms in total. The number of hydrogen-bond donors (Lipinski definition) is 0. The molecular weight excluding hydrogens is 322 g/mol. The molecule has 0 aliphatic carbocycles. The number of hydrogen-bond acceptors (Lipinski definition) is 4. The average Bonchev–Trinajstić information content (AvgIpc) is 3.03. The van der Waals surface area contributed by atoms with Gasteiger partial charge in [0, 0.05) is 36.6 Å². The van der Waals surface area contributed by atoms with Crippen molar-refractivity contribution >= 4 is 39.1 Å². The summed E-state index contributed by atoms with van der Waals surface area (Å²) in [6, 6.07) is 17.4. The van der Waals surface area contributed by atoms with Gasteiger partial charge in [0.05, 0.1) is 17.1 Å². The summed E-state index contributed by atoms with van der Waals surface area (Å²) in [4.78, 5) is 9.16. The van der Waals surface area contributed by atoms with Gasteiger partial charge >= 0.3 is 0 Å². The highest BCUT2D eigenvalue weighted by Gasteiger charge is 2.29. The van der Waals surface area contributed by atoms with Crippen LogP contribution >= 0.6 is 0 Å². The van der Waals surface area contributed by atoms with Crippen LogP contribution in [0.25, 0.3) is 22.1 Å². The molecule has 0 radical (unpaired) electrons. The molecule has 0 saturated heterocycles. The van der Waals surface area contributed by atoms with Gasteiger partial charge < -0.3 is 14.2 Å². The molecule has 4 aromatic rings. The van der Waals surface area contributed by atoms with Crippen molar-refractivity contribution < 1.29 is 4.42 Å². The quantitative estimate of drug-likeness (QED) is 0.471. The Balaban J connectivity index is 1.82. The number of likely N-dealkylation sites (N-methyl/N-ethyl adjacent to an activating group) is 1. The van der Waals surface area contributed by atoms with Gasteiger partial charge in [0.15, 0.2) is 5.58 Å². The Morgan fingerprint density at radius 3 is 2.65 bits per heavy atom. The summed E-state index contributed by atoms with van der Waals surface area (Å²) >= 11 is 0. The highest BCUT2D eigenvalue weighted by molar-refractivity contribution is 6.09. The summed E-state index contributed by atoms with van der Waals surface area (Å²) in [5, 5.41) is 2.19. The summed E-state index contributed by atoms with van der Waals surface area (Å²) in [7, 11) is 2.17. The van der Waals surface area contributed by atoms with Gasteiger partial charge in [-0.15, -0.1) is 0 Å². The number of aromatic nitrogens is 1. The number of furan rings is 1. The van der Waals surface area contributed by atoms with Crippen molar-refractivity contribution in [2.45, 2.75) is 19.9 Å². The number of benzene rings is 2. The Morgan fingerprint density at radius 2 is 1.81 bits per heavy atom. The van der Waals surface area contributed by atoms with Gasteiger partial charge in [-0.25, -0.2) is 4.98 Å². The van der Waals surface area contributed by atoms with E-state index in [4.69, 9.17) is 4.42 Å². The number of rotatable bonds is 1. The van der Waals surface area contributed by atoms with Gasteiger partial charge in [-0.05, 0) is 43.7 Å². The second kappa shape index (κ2) is 5.49. The van der Waals surface area contributed by atoms with Crippen LogP contribution in [0, 0.1) is 6.92 Å². The zero-order valence-corrected chi connectivity index (χ0v) is 15.2. The Kier molecular flexibility index (Phi) is 3.23. The van der Waals surface area contributed by atoms with E-state index in [-0.39, 0.29) is 0 Å². The van der Waals surface area contributed by atoms with Crippen LogP contribution in [-0.2, 0) is 0 Å². The number of anilines is 3. The number of aryl methyl sites for hydroxylation is 1. The summed E-state index contributed by atoms with van der Waals surface area (Å²) in [6.07, 6.45) is 1.78. The van der Waals surface area contributed by atoms with Crippen LogP contribution in [0.1, 0.15) is 12.5 Å². The Bertz CT molecular complexity index is 1130. The molecule has 5 rings (SSSR count). The molecule has 2 aromatic carbocycles. The third kappa shape index (κ3) is 2.05. The fourth-order valence-electron chi connectivity index (χ4n) is 4.02. The third-order valence-electron chi connectivity index (χ3n) is 5.52. The smallest absolute Gasteiger partial charge is 0.227 e. The van der Waals surface area contributed by atoms with Crippen molar-refractivity contribution in [2.24, 2.45) is 0 Å². The largest absolute Gasteiger partial charge is 0.435 e. The lowest BCUT2D eigenvalue weighted by Gasteiger charge is -2.41. The first-order valence-corrected chi connectivity index (χ1v) is 9.01. The average molecular weight is 343 g/mol. The minimum atomic E-state index is 0.405. The van der Waals surface area contributed by atoms with E-state index in [2.05, 4.69) is 78.1 Å². The lowest BCUT2D eigenvalue weighted by molar-refractivity contribution is 0.639. The molecule has 26 heavy (non-hydrogen) atoms. The van der Waals surface area contributed by atoms with Gasteiger partial charge in [-0.1, -0.05) is 24.3 Å². The minimum Gasteiger partial charge on any atom is -0.435 e. The van der Waals surface area contributed by atoms with Crippen LogP contribution in [0.3, 0.4) is 0 Å². The zero-order chi connectivity index (χ0) is 17.8. The monoisotopic (exact) mass is 343 g/mol. The van der Waals surface area contributed by atoms with E-state index >= 15 is 0 Å². The Labute approximate surface area is 152 Å². The molecule has 0 spiro atoms. The molecule has 1 atom stereocenters. The van der Waals surface area contributed by atoms with E-state index < -0.39 is 0 Å². The van der Waals surface area contributed by atoms with E-state index in [0.717, 1.165) is 28.6 Å². The SMILES string of the molecule is Cc1ccc2c(oc3ncccc32)c1N1C[C@H](C)N(C)c2ccccc21. The second-order valence-corrected chi connectivity index (χ2v) is 7.13. The maximum Gasteiger partial charge on any atom is 0.227 e. The van der Waals surface area contributed by atoms with Crippen LogP contribution in [0.5, 0.6) is 0 Å². The second-order valence-electron chi connectivity index (χ2n) is 7.13. The molecule has 0 fully saturated rings. The van der Waals surface area contributed by atoms with Crippen LogP contribution < -0.4 is 9.80 Å². The van der Waals surface area contributed by atoms with E-state index in [0.29, 0.717) is 11.8 Å². The molecule has 3 heterocycles. The fraction of sp³-hybridized carbons (Fsp3) is 0.227. The van der Waals surface area contributed by atoms with Crippen molar-refractivity contribution in [2.75, 3.05) is 23.4 Å². The predicted molar refractivity (Wildman–Crippen MR) is 108 cm³/mol. The summed E-state index contributed by atoms with van der Waals surface area (Å²) in [5.74, 6) is 0. The van der Waals surface area contributed by atoms with E-state index in [1.165, 1.54) is 16.9 Å². The lowest BCUT2D eigenvalue weighted by Crippen LogP contribution is -2.43. The van der Waals surface area contributed by atoms with Crippen molar-refractivity contribution in [3.05, 3.63) is 60.3 Å². The summed E-state index contributed by atoms with van der Waals surface area (Å²) < 4.78 is 6.23. The first-order valence-electron chi connectivity index (χ1n) is 9.01. The maximum atomic E-state index is 6.23. The molecule has 0 bridgehead atoms. The molecule has 130 valence electrons. The number of para-hydroxylation sites is 2. The standard InChI is InChI=1S/C22H21N3O/c1-14-10-11-16-17-7-6-12-23-22(17)26-21(16)20(14)25-13-15(2)24(3)18-8-4-5-9-19(18)25/h4-12,15H,13H2,1-3H3/t15-/m0/s1. The fourth-order valence-corrected chi connectivity index (χ4v) is 4.02. The highest BCUT2D eigenvalue weighted by atomic mass is 16.3. The van der Waals surface area contributed by atoms with Crippen molar-refractivity contribution in [1.29, 1.82) is 0 Å². The normalized spacial score (nSPS) is 17.1. The summed E-state index contributed by atoms with van der Waals surface area (Å²) in [6.45, 7) is 5.33. The zero-order valence-electron chi connectivity index (χ0n) is 15.2. The molecule has 4 heteroatoms. The van der Waals surface area contributed by atoms with Crippen LogP contribution in [0.15, 0.2) is 59.1 Å². The van der Waals surface area contributed by atoms with Gasteiger partial charge in [0.2, 0.25) is 5.71 Å². The minimum absolute atomic E-state index is 0.405. The topological polar surface area (TPSA) is 32.5 Å². The number of fused-ring (bicyclic) bond motifs is 4. The highest BCUT2D eigenvalue weighted by Crippen LogP contribution is 2.44. The molecule has 1 aliphatic rings. The molecule has 0 saturated carbocycles. The van der Waals surface area contributed by atoms with Gasteiger partial charge in [-0.2, -0.15) is 0 Å². The maximum absolute atomic E-state index is 6.23. The molecule has 0 amide bonds. The summed E-state index contributed by atoms with van der Waals surface area (Å²) in [5.41, 5.74) is 6.44.